The van der Waals surface area contributed by atoms with E-state index >= 15 is 0 Å². The summed E-state index contributed by atoms with van der Waals surface area (Å²) in [7, 11) is 0. The molecule has 0 aromatic carbocycles. The van der Waals surface area contributed by atoms with Gasteiger partial charge in [0.15, 0.2) is 6.29 Å². The zero-order chi connectivity index (χ0) is 13.2. The Hall–Kier alpha value is -0.980. The molecule has 1 aromatic heterocycles. The van der Waals surface area contributed by atoms with Gasteiger partial charge < -0.3 is 14.4 Å². The number of nitrogens with zero attached hydrogens (tertiary/aromatic N) is 2. The van der Waals surface area contributed by atoms with Crippen LogP contribution in [0.3, 0.4) is 0 Å². The average Bonchev–Trinajstić information content (AvgIpc) is 3.09. The summed E-state index contributed by atoms with van der Waals surface area (Å²) in [6.07, 6.45) is 1.85. The first-order valence-electron chi connectivity index (χ1n) is 6.68. The van der Waals surface area contributed by atoms with Crippen molar-refractivity contribution in [3.8, 4) is 0 Å². The Labute approximate surface area is 116 Å². The Morgan fingerprint density at radius 3 is 2.63 bits per heavy atom. The first-order valence-corrected chi connectivity index (χ1v) is 7.56. The summed E-state index contributed by atoms with van der Waals surface area (Å²) in [5.74, 6) is 0.542. The van der Waals surface area contributed by atoms with E-state index in [1.165, 1.54) is 11.3 Å². The summed E-state index contributed by atoms with van der Waals surface area (Å²) in [4.78, 5) is 19.2. The lowest BCUT2D eigenvalue weighted by Gasteiger charge is -2.33. The Kier molecular flexibility index (Phi) is 3.81. The summed E-state index contributed by atoms with van der Waals surface area (Å²) in [6.45, 7) is 4.85. The number of thiazole rings is 1. The Morgan fingerprint density at radius 2 is 2.05 bits per heavy atom. The lowest BCUT2D eigenvalue weighted by molar-refractivity contribution is -0.0956. The van der Waals surface area contributed by atoms with Crippen LogP contribution in [0.2, 0.25) is 0 Å². The van der Waals surface area contributed by atoms with Gasteiger partial charge in [0.05, 0.1) is 24.4 Å². The topological polar surface area (TPSA) is 51.7 Å². The molecule has 1 aromatic rings. The van der Waals surface area contributed by atoms with Crippen LogP contribution < -0.4 is 0 Å². The summed E-state index contributed by atoms with van der Waals surface area (Å²) in [6, 6.07) is 0. The summed E-state index contributed by atoms with van der Waals surface area (Å²) < 4.78 is 11.1. The van der Waals surface area contributed by atoms with E-state index in [-0.39, 0.29) is 12.2 Å². The predicted octanol–water partition coefficient (Wildman–Crippen LogP) is 1.68. The first kappa shape index (κ1) is 13.0. The second-order valence-corrected chi connectivity index (χ2v) is 5.86. The first-order chi connectivity index (χ1) is 9.25. The molecule has 0 aliphatic carbocycles. The molecule has 104 valence electrons. The van der Waals surface area contributed by atoms with Gasteiger partial charge in [-0.05, 0) is 19.8 Å². The molecule has 0 bridgehead atoms. The van der Waals surface area contributed by atoms with Gasteiger partial charge >= 0.3 is 0 Å². The standard InChI is InChI=1S/C13H18N2O3S/c1-9-11(19-8-14-9)12(16)15-4-2-10(3-5-15)13-17-6-7-18-13/h8,10,13H,2-7H2,1H3. The Morgan fingerprint density at radius 1 is 1.37 bits per heavy atom. The van der Waals surface area contributed by atoms with Crippen molar-refractivity contribution in [2.45, 2.75) is 26.1 Å². The fourth-order valence-electron chi connectivity index (χ4n) is 2.67. The SMILES string of the molecule is Cc1ncsc1C(=O)N1CCC(C2OCCO2)CC1. The number of rotatable bonds is 2. The summed E-state index contributed by atoms with van der Waals surface area (Å²) in [5.41, 5.74) is 2.56. The number of likely N-dealkylation sites (tertiary alicyclic amines) is 1. The van der Waals surface area contributed by atoms with Crippen molar-refractivity contribution < 1.29 is 14.3 Å². The number of hydrogen-bond acceptors (Lipinski definition) is 5. The van der Waals surface area contributed by atoms with Gasteiger partial charge in [0, 0.05) is 19.0 Å². The van der Waals surface area contributed by atoms with E-state index in [1.54, 1.807) is 5.51 Å². The molecule has 3 heterocycles. The number of piperidine rings is 1. The van der Waals surface area contributed by atoms with E-state index in [2.05, 4.69) is 4.98 Å². The van der Waals surface area contributed by atoms with Crippen LogP contribution >= 0.6 is 11.3 Å². The molecule has 3 rings (SSSR count). The number of carbonyl (C=O) groups is 1. The van der Waals surface area contributed by atoms with Crippen LogP contribution in [-0.4, -0.2) is 48.4 Å². The maximum Gasteiger partial charge on any atom is 0.265 e. The predicted molar refractivity (Wildman–Crippen MR) is 71.2 cm³/mol. The molecule has 2 aliphatic rings. The van der Waals surface area contributed by atoms with Crippen LogP contribution in [-0.2, 0) is 9.47 Å². The fraction of sp³-hybridized carbons (Fsp3) is 0.692. The highest BCUT2D eigenvalue weighted by Gasteiger charge is 2.32. The minimum atomic E-state index is -0.0533. The molecule has 1 amide bonds. The highest BCUT2D eigenvalue weighted by atomic mass is 32.1. The summed E-state index contributed by atoms with van der Waals surface area (Å²) >= 11 is 1.43. The second-order valence-electron chi connectivity index (χ2n) is 5.01. The minimum absolute atomic E-state index is 0.0533. The van der Waals surface area contributed by atoms with Crippen LogP contribution in [0.4, 0.5) is 0 Å². The number of hydrogen-bond donors (Lipinski definition) is 0. The Balaban J connectivity index is 1.58. The molecule has 6 heteroatoms. The summed E-state index contributed by atoms with van der Waals surface area (Å²) in [5, 5.41) is 0. The van der Waals surface area contributed by atoms with Crippen LogP contribution in [0.5, 0.6) is 0 Å². The molecule has 0 spiro atoms. The largest absolute Gasteiger partial charge is 0.350 e. The van der Waals surface area contributed by atoms with Gasteiger partial charge in [-0.15, -0.1) is 11.3 Å². The van der Waals surface area contributed by atoms with Gasteiger partial charge in [-0.1, -0.05) is 0 Å². The lowest BCUT2D eigenvalue weighted by Crippen LogP contribution is -2.41. The molecule has 2 aliphatic heterocycles. The number of amides is 1. The third-order valence-electron chi connectivity index (χ3n) is 3.80. The number of carbonyl (C=O) groups excluding carboxylic acids is 1. The molecule has 0 saturated carbocycles. The minimum Gasteiger partial charge on any atom is -0.350 e. The molecule has 5 nitrogen and oxygen atoms in total. The smallest absolute Gasteiger partial charge is 0.265 e. The normalized spacial score (nSPS) is 22.1. The van der Waals surface area contributed by atoms with Crippen molar-refractivity contribution in [3.05, 3.63) is 16.1 Å². The Bertz CT molecular complexity index is 448. The molecular formula is C13H18N2O3S. The van der Waals surface area contributed by atoms with Gasteiger partial charge in [-0.25, -0.2) is 4.98 Å². The molecule has 19 heavy (non-hydrogen) atoms. The maximum absolute atomic E-state index is 12.3. The molecule has 2 saturated heterocycles. The monoisotopic (exact) mass is 282 g/mol. The lowest BCUT2D eigenvalue weighted by atomic mass is 9.96. The van der Waals surface area contributed by atoms with Crippen LogP contribution in [0.25, 0.3) is 0 Å². The third kappa shape index (κ3) is 2.66. The van der Waals surface area contributed by atoms with Crippen LogP contribution in [0.1, 0.15) is 28.2 Å². The van der Waals surface area contributed by atoms with Crippen molar-refractivity contribution in [2.75, 3.05) is 26.3 Å². The van der Waals surface area contributed by atoms with E-state index in [0.717, 1.165) is 36.5 Å². The second kappa shape index (κ2) is 5.56. The van der Waals surface area contributed by atoms with Crippen molar-refractivity contribution in [3.63, 3.8) is 0 Å². The van der Waals surface area contributed by atoms with Gasteiger partial charge in [0.2, 0.25) is 0 Å². The highest BCUT2D eigenvalue weighted by molar-refractivity contribution is 7.11. The number of ether oxygens (including phenoxy) is 2. The molecular weight excluding hydrogens is 264 g/mol. The van der Waals surface area contributed by atoms with Gasteiger partial charge in [-0.3, -0.25) is 4.79 Å². The number of aromatic nitrogens is 1. The van der Waals surface area contributed by atoms with Gasteiger partial charge in [0.25, 0.3) is 5.91 Å². The van der Waals surface area contributed by atoms with E-state index in [4.69, 9.17) is 9.47 Å². The average molecular weight is 282 g/mol. The van der Waals surface area contributed by atoms with Gasteiger partial charge in [0.1, 0.15) is 4.88 Å². The highest BCUT2D eigenvalue weighted by Crippen LogP contribution is 2.27. The number of aryl methyl sites for hydroxylation is 1. The molecule has 0 atom stereocenters. The third-order valence-corrected chi connectivity index (χ3v) is 4.72. The quantitative estimate of drug-likeness (QED) is 0.828. The van der Waals surface area contributed by atoms with Gasteiger partial charge in [-0.2, -0.15) is 0 Å². The van der Waals surface area contributed by atoms with Crippen LogP contribution in [0.15, 0.2) is 5.51 Å². The van der Waals surface area contributed by atoms with E-state index in [9.17, 15) is 4.79 Å². The van der Waals surface area contributed by atoms with Crippen molar-refractivity contribution in [1.82, 2.24) is 9.88 Å². The molecule has 0 radical (unpaired) electrons. The molecule has 0 unspecified atom stereocenters. The maximum atomic E-state index is 12.3. The van der Waals surface area contributed by atoms with Crippen molar-refractivity contribution in [1.29, 1.82) is 0 Å². The molecule has 0 N–H and O–H groups in total. The molecule has 2 fully saturated rings. The van der Waals surface area contributed by atoms with Crippen molar-refractivity contribution in [2.24, 2.45) is 5.92 Å². The zero-order valence-corrected chi connectivity index (χ0v) is 11.8. The fourth-order valence-corrected chi connectivity index (χ4v) is 3.44. The van der Waals surface area contributed by atoms with Crippen molar-refractivity contribution >= 4 is 17.2 Å². The van der Waals surface area contributed by atoms with E-state index < -0.39 is 0 Å². The van der Waals surface area contributed by atoms with E-state index in [1.807, 2.05) is 11.8 Å². The zero-order valence-electron chi connectivity index (χ0n) is 11.0. The van der Waals surface area contributed by atoms with Crippen LogP contribution in [0, 0.1) is 12.8 Å². The van der Waals surface area contributed by atoms with E-state index in [0.29, 0.717) is 19.1 Å².